The molecule has 0 aliphatic carbocycles. The largest absolute Gasteiger partial charge is 0.330 e. The van der Waals surface area contributed by atoms with Crippen LogP contribution in [-0.2, 0) is 14.4 Å². The molecule has 1 aromatic carbocycles. The molecule has 1 rings (SSSR count). The van der Waals surface area contributed by atoms with Gasteiger partial charge < -0.3 is 4.84 Å². The maximum absolute atomic E-state index is 11.7. The van der Waals surface area contributed by atoms with Crippen molar-refractivity contribution in [3.05, 3.63) is 35.9 Å². The van der Waals surface area contributed by atoms with Crippen molar-refractivity contribution in [2.75, 3.05) is 0 Å². The van der Waals surface area contributed by atoms with Crippen molar-refractivity contribution in [1.29, 1.82) is 0 Å². The second kappa shape index (κ2) is 5.06. The summed E-state index contributed by atoms with van der Waals surface area (Å²) in [5, 5.41) is 0.442. The maximum Gasteiger partial charge on any atom is 0.330 e. The summed E-state index contributed by atoms with van der Waals surface area (Å²) in [4.78, 5) is 38.1. The van der Waals surface area contributed by atoms with E-state index in [9.17, 15) is 14.4 Å². The predicted molar refractivity (Wildman–Crippen MR) is 55.1 cm³/mol. The van der Waals surface area contributed by atoms with Crippen LogP contribution in [0.15, 0.2) is 30.3 Å². The summed E-state index contributed by atoms with van der Waals surface area (Å²) in [5.74, 6) is -2.04. The molecule has 0 saturated carbocycles. The second-order valence-corrected chi connectivity index (χ2v) is 3.07. The lowest BCUT2D eigenvalue weighted by Gasteiger charge is -2.16. The Morgan fingerprint density at radius 2 is 1.62 bits per heavy atom. The van der Waals surface area contributed by atoms with Crippen LogP contribution in [0.5, 0.6) is 0 Å². The standard InChI is InChI=1S/C11H11NO4/c1-8(13)12(16-9(2)14)11(15)10-6-4-3-5-7-10/h3-7H,1-2H3. The third-order valence-electron chi connectivity index (χ3n) is 1.71. The highest BCUT2D eigenvalue weighted by Crippen LogP contribution is 2.05. The van der Waals surface area contributed by atoms with E-state index in [2.05, 4.69) is 4.84 Å². The molecule has 0 saturated heterocycles. The SMILES string of the molecule is CC(=O)ON(C(C)=O)C(=O)c1ccccc1. The van der Waals surface area contributed by atoms with Crippen molar-refractivity contribution < 1.29 is 19.2 Å². The van der Waals surface area contributed by atoms with Crippen LogP contribution in [-0.4, -0.2) is 22.8 Å². The van der Waals surface area contributed by atoms with E-state index in [1.165, 1.54) is 12.1 Å². The van der Waals surface area contributed by atoms with Gasteiger partial charge in [-0.05, 0) is 12.1 Å². The number of amides is 2. The molecule has 5 heteroatoms. The van der Waals surface area contributed by atoms with Gasteiger partial charge in [0.25, 0.3) is 11.8 Å². The van der Waals surface area contributed by atoms with Gasteiger partial charge in [0.05, 0.1) is 0 Å². The molecule has 0 N–H and O–H groups in total. The average Bonchev–Trinajstić information content (AvgIpc) is 2.25. The van der Waals surface area contributed by atoms with Crippen LogP contribution in [0.25, 0.3) is 0 Å². The van der Waals surface area contributed by atoms with E-state index in [1.807, 2.05) is 0 Å². The van der Waals surface area contributed by atoms with Crippen molar-refractivity contribution in [2.24, 2.45) is 0 Å². The number of nitrogens with zero attached hydrogens (tertiary/aromatic N) is 1. The van der Waals surface area contributed by atoms with Crippen LogP contribution in [0, 0.1) is 0 Å². The Bertz CT molecular complexity index is 413. The molecule has 0 fully saturated rings. The summed E-state index contributed by atoms with van der Waals surface area (Å²) in [7, 11) is 0. The normalized spacial score (nSPS) is 9.38. The van der Waals surface area contributed by atoms with Gasteiger partial charge in [0.1, 0.15) is 0 Å². The number of hydrogen-bond acceptors (Lipinski definition) is 4. The maximum atomic E-state index is 11.7. The highest BCUT2D eigenvalue weighted by molar-refractivity contribution is 6.03. The van der Waals surface area contributed by atoms with E-state index >= 15 is 0 Å². The van der Waals surface area contributed by atoms with E-state index < -0.39 is 17.8 Å². The Labute approximate surface area is 92.6 Å². The van der Waals surface area contributed by atoms with E-state index in [1.54, 1.807) is 18.2 Å². The van der Waals surface area contributed by atoms with Gasteiger partial charge in [0.15, 0.2) is 0 Å². The zero-order valence-corrected chi connectivity index (χ0v) is 8.97. The molecule has 1 aromatic rings. The van der Waals surface area contributed by atoms with Crippen LogP contribution < -0.4 is 0 Å². The summed E-state index contributed by atoms with van der Waals surface area (Å²) >= 11 is 0. The lowest BCUT2D eigenvalue weighted by Crippen LogP contribution is -2.36. The van der Waals surface area contributed by atoms with Gasteiger partial charge in [-0.2, -0.15) is 0 Å². The van der Waals surface area contributed by atoms with Crippen LogP contribution in [0.4, 0.5) is 0 Å². The summed E-state index contributed by atoms with van der Waals surface area (Å²) in [6.45, 7) is 2.26. The van der Waals surface area contributed by atoms with Crippen molar-refractivity contribution in [3.8, 4) is 0 Å². The molecule has 2 amide bonds. The first kappa shape index (κ1) is 11.9. The first-order valence-corrected chi connectivity index (χ1v) is 4.61. The molecular weight excluding hydrogens is 210 g/mol. The van der Waals surface area contributed by atoms with E-state index in [0.29, 0.717) is 5.06 Å². The van der Waals surface area contributed by atoms with Crippen molar-refractivity contribution in [1.82, 2.24) is 5.06 Å². The Morgan fingerprint density at radius 3 is 2.06 bits per heavy atom. The zero-order chi connectivity index (χ0) is 12.1. The lowest BCUT2D eigenvalue weighted by atomic mass is 10.2. The first-order valence-electron chi connectivity index (χ1n) is 4.61. The Hall–Kier alpha value is -2.17. The molecule has 0 aromatic heterocycles. The molecule has 0 radical (unpaired) electrons. The third-order valence-corrected chi connectivity index (χ3v) is 1.71. The fraction of sp³-hybridized carbons (Fsp3) is 0.182. The van der Waals surface area contributed by atoms with E-state index in [4.69, 9.17) is 0 Å². The Morgan fingerprint density at radius 1 is 1.06 bits per heavy atom. The zero-order valence-electron chi connectivity index (χ0n) is 8.97. The van der Waals surface area contributed by atoms with Crippen LogP contribution in [0.2, 0.25) is 0 Å². The molecule has 0 spiro atoms. The van der Waals surface area contributed by atoms with Gasteiger partial charge >= 0.3 is 5.97 Å². The molecule has 0 aliphatic heterocycles. The lowest BCUT2D eigenvalue weighted by molar-refractivity contribution is -0.183. The van der Waals surface area contributed by atoms with E-state index in [-0.39, 0.29) is 5.56 Å². The van der Waals surface area contributed by atoms with Crippen LogP contribution >= 0.6 is 0 Å². The van der Waals surface area contributed by atoms with E-state index in [0.717, 1.165) is 13.8 Å². The van der Waals surface area contributed by atoms with Gasteiger partial charge in [-0.1, -0.05) is 23.3 Å². The van der Waals surface area contributed by atoms with Crippen molar-refractivity contribution in [2.45, 2.75) is 13.8 Å². The van der Waals surface area contributed by atoms with Crippen molar-refractivity contribution in [3.63, 3.8) is 0 Å². The number of hydroxylamine groups is 2. The van der Waals surface area contributed by atoms with Gasteiger partial charge in [0, 0.05) is 19.4 Å². The Kier molecular flexibility index (Phi) is 3.77. The van der Waals surface area contributed by atoms with Gasteiger partial charge in [0.2, 0.25) is 0 Å². The van der Waals surface area contributed by atoms with Crippen LogP contribution in [0.1, 0.15) is 24.2 Å². The van der Waals surface area contributed by atoms with Gasteiger partial charge in [-0.25, -0.2) is 4.79 Å². The molecule has 0 atom stereocenters. The minimum Gasteiger partial charge on any atom is -0.330 e. The topological polar surface area (TPSA) is 63.7 Å². The van der Waals surface area contributed by atoms with Gasteiger partial charge in [-0.15, -0.1) is 0 Å². The third kappa shape index (κ3) is 2.91. The minimum atomic E-state index is -0.723. The first-order chi connectivity index (χ1) is 7.52. The summed E-state index contributed by atoms with van der Waals surface area (Å²) < 4.78 is 0. The molecule has 5 nitrogen and oxygen atoms in total. The number of carbonyl (C=O) groups excluding carboxylic acids is 3. The molecule has 16 heavy (non-hydrogen) atoms. The monoisotopic (exact) mass is 221 g/mol. The highest BCUT2D eigenvalue weighted by atomic mass is 16.7. The summed E-state index contributed by atoms with van der Waals surface area (Å²) in [6, 6.07) is 8.10. The molecule has 0 unspecified atom stereocenters. The molecule has 0 bridgehead atoms. The number of imide groups is 1. The quantitative estimate of drug-likeness (QED) is 0.667. The van der Waals surface area contributed by atoms with Crippen molar-refractivity contribution >= 4 is 17.8 Å². The summed E-state index contributed by atoms with van der Waals surface area (Å²) in [6.07, 6.45) is 0. The fourth-order valence-corrected chi connectivity index (χ4v) is 1.08. The minimum absolute atomic E-state index is 0.277. The molecule has 0 heterocycles. The molecule has 0 aliphatic rings. The van der Waals surface area contributed by atoms with Gasteiger partial charge in [-0.3, -0.25) is 9.59 Å². The molecule has 84 valence electrons. The smallest absolute Gasteiger partial charge is 0.330 e. The number of rotatable bonds is 1. The van der Waals surface area contributed by atoms with Crippen LogP contribution in [0.3, 0.4) is 0 Å². The second-order valence-electron chi connectivity index (χ2n) is 3.07. The predicted octanol–water partition coefficient (Wildman–Crippen LogP) is 1.15. The number of benzene rings is 1. The average molecular weight is 221 g/mol. The molecular formula is C11H11NO4. The fourth-order valence-electron chi connectivity index (χ4n) is 1.08. The summed E-state index contributed by atoms with van der Waals surface area (Å²) in [5.41, 5.74) is 0.277. The Balaban J connectivity index is 2.92. The number of hydrogen-bond donors (Lipinski definition) is 0. The highest BCUT2D eigenvalue weighted by Gasteiger charge is 2.22. The number of carbonyl (C=O) groups is 3.